The summed E-state index contributed by atoms with van der Waals surface area (Å²) in [5.74, 6) is 1.15. The third kappa shape index (κ3) is 4.66. The normalized spacial score (nSPS) is 16.7. The maximum Gasteiger partial charge on any atom is 0.133 e. The fraction of sp³-hybridized carbons (Fsp3) is 0.688. The molecule has 0 atom stereocenters. The van der Waals surface area contributed by atoms with Crippen LogP contribution in [0, 0.1) is 0 Å². The first-order chi connectivity index (χ1) is 10.1. The second-order valence-electron chi connectivity index (χ2n) is 5.99. The van der Waals surface area contributed by atoms with Crippen molar-refractivity contribution in [1.29, 1.82) is 0 Å². The number of rotatable bonds is 6. The van der Waals surface area contributed by atoms with Gasteiger partial charge in [0.2, 0.25) is 0 Å². The van der Waals surface area contributed by atoms with Crippen molar-refractivity contribution in [2.24, 2.45) is 0 Å². The van der Waals surface area contributed by atoms with Gasteiger partial charge in [-0.25, -0.2) is 4.98 Å². The lowest BCUT2D eigenvalue weighted by atomic mass is 10.0. The molecule has 1 saturated heterocycles. The number of piperidine rings is 1. The zero-order valence-electron chi connectivity index (χ0n) is 13.4. The van der Waals surface area contributed by atoms with E-state index in [1.54, 1.807) is 0 Å². The van der Waals surface area contributed by atoms with E-state index in [0.29, 0.717) is 6.04 Å². The van der Waals surface area contributed by atoms with Crippen molar-refractivity contribution < 1.29 is 0 Å². The monoisotopic (exact) mass is 354 g/mol. The first-order valence-electron chi connectivity index (χ1n) is 7.88. The molecule has 1 aromatic heterocycles. The van der Waals surface area contributed by atoms with Crippen LogP contribution in [0.15, 0.2) is 16.7 Å². The van der Waals surface area contributed by atoms with Crippen molar-refractivity contribution in [1.82, 2.24) is 15.2 Å². The summed E-state index contributed by atoms with van der Waals surface area (Å²) in [4.78, 5) is 9.46. The molecule has 0 aliphatic carbocycles. The quantitative estimate of drug-likeness (QED) is 0.796. The van der Waals surface area contributed by atoms with E-state index in [2.05, 4.69) is 63.1 Å². The molecule has 0 spiro atoms. The SMILES string of the molecule is CCCNCc1cc(Br)cnc1N1CCC(N(C)C)CC1. The molecule has 1 aliphatic rings. The number of nitrogens with one attached hydrogen (secondary N) is 1. The molecule has 118 valence electrons. The Labute approximate surface area is 137 Å². The molecule has 1 aromatic rings. The summed E-state index contributed by atoms with van der Waals surface area (Å²) in [7, 11) is 4.36. The van der Waals surface area contributed by atoms with Gasteiger partial charge < -0.3 is 15.1 Å². The zero-order chi connectivity index (χ0) is 15.2. The van der Waals surface area contributed by atoms with Crippen molar-refractivity contribution >= 4 is 21.7 Å². The van der Waals surface area contributed by atoms with Crippen LogP contribution in [-0.2, 0) is 6.54 Å². The second kappa shape index (κ2) is 8.11. The topological polar surface area (TPSA) is 31.4 Å². The van der Waals surface area contributed by atoms with Gasteiger partial charge in [0, 0.05) is 41.9 Å². The smallest absolute Gasteiger partial charge is 0.133 e. The summed E-state index contributed by atoms with van der Waals surface area (Å²) in [5.41, 5.74) is 1.29. The number of pyridine rings is 1. The van der Waals surface area contributed by atoms with Gasteiger partial charge in [0.25, 0.3) is 0 Å². The summed E-state index contributed by atoms with van der Waals surface area (Å²) >= 11 is 3.54. The molecule has 0 amide bonds. The van der Waals surface area contributed by atoms with Crippen LogP contribution in [0.3, 0.4) is 0 Å². The van der Waals surface area contributed by atoms with Crippen LogP contribution >= 0.6 is 15.9 Å². The van der Waals surface area contributed by atoms with Crippen LogP contribution in [0.5, 0.6) is 0 Å². The average molecular weight is 355 g/mol. The van der Waals surface area contributed by atoms with Crippen molar-refractivity contribution in [2.45, 2.75) is 38.8 Å². The molecule has 0 unspecified atom stereocenters. The second-order valence-corrected chi connectivity index (χ2v) is 6.91. The fourth-order valence-corrected chi connectivity index (χ4v) is 3.26. The van der Waals surface area contributed by atoms with Crippen LogP contribution in [0.4, 0.5) is 5.82 Å². The summed E-state index contributed by atoms with van der Waals surface area (Å²) in [6.07, 6.45) is 5.50. The highest BCUT2D eigenvalue weighted by molar-refractivity contribution is 9.10. The number of hydrogen-bond donors (Lipinski definition) is 1. The molecule has 0 radical (unpaired) electrons. The van der Waals surface area contributed by atoms with E-state index in [0.717, 1.165) is 42.9 Å². The van der Waals surface area contributed by atoms with Crippen molar-refractivity contribution in [3.05, 3.63) is 22.3 Å². The Balaban J connectivity index is 2.05. The van der Waals surface area contributed by atoms with Gasteiger partial charge >= 0.3 is 0 Å². The van der Waals surface area contributed by atoms with E-state index < -0.39 is 0 Å². The van der Waals surface area contributed by atoms with Gasteiger partial charge in [-0.3, -0.25) is 0 Å². The lowest BCUT2D eigenvalue weighted by molar-refractivity contribution is 0.249. The van der Waals surface area contributed by atoms with E-state index in [1.807, 2.05) is 6.20 Å². The third-order valence-electron chi connectivity index (χ3n) is 4.15. The molecular formula is C16H27BrN4. The molecule has 4 nitrogen and oxygen atoms in total. The highest BCUT2D eigenvalue weighted by Gasteiger charge is 2.22. The van der Waals surface area contributed by atoms with Gasteiger partial charge in [-0.2, -0.15) is 0 Å². The Bertz CT molecular complexity index is 442. The molecule has 5 heteroatoms. The summed E-state index contributed by atoms with van der Waals surface area (Å²) in [6, 6.07) is 2.90. The summed E-state index contributed by atoms with van der Waals surface area (Å²) < 4.78 is 1.06. The van der Waals surface area contributed by atoms with Gasteiger partial charge in [0.05, 0.1) is 0 Å². The van der Waals surface area contributed by atoms with Gasteiger partial charge in [0.1, 0.15) is 5.82 Å². The van der Waals surface area contributed by atoms with E-state index in [1.165, 1.54) is 18.4 Å². The van der Waals surface area contributed by atoms with Gasteiger partial charge in [-0.1, -0.05) is 6.92 Å². The Kier molecular flexibility index (Phi) is 6.45. The number of aromatic nitrogens is 1. The van der Waals surface area contributed by atoms with Gasteiger partial charge in [0.15, 0.2) is 0 Å². The van der Waals surface area contributed by atoms with Gasteiger partial charge in [-0.05, 0) is 61.9 Å². The number of nitrogens with zero attached hydrogens (tertiary/aromatic N) is 3. The minimum atomic E-state index is 0.707. The Morgan fingerprint density at radius 2 is 2.10 bits per heavy atom. The molecule has 21 heavy (non-hydrogen) atoms. The molecule has 0 bridgehead atoms. The predicted octanol–water partition coefficient (Wildman–Crippen LogP) is 2.87. The Morgan fingerprint density at radius 3 is 2.71 bits per heavy atom. The van der Waals surface area contributed by atoms with E-state index in [4.69, 9.17) is 0 Å². The molecule has 2 heterocycles. The number of anilines is 1. The Morgan fingerprint density at radius 1 is 1.38 bits per heavy atom. The molecule has 1 N–H and O–H groups in total. The van der Waals surface area contributed by atoms with Crippen LogP contribution in [0.1, 0.15) is 31.7 Å². The van der Waals surface area contributed by atoms with E-state index in [9.17, 15) is 0 Å². The lowest BCUT2D eigenvalue weighted by Gasteiger charge is -2.36. The maximum atomic E-state index is 4.68. The van der Waals surface area contributed by atoms with Crippen molar-refractivity contribution in [2.75, 3.05) is 38.6 Å². The minimum Gasteiger partial charge on any atom is -0.356 e. The van der Waals surface area contributed by atoms with E-state index in [-0.39, 0.29) is 0 Å². The first-order valence-corrected chi connectivity index (χ1v) is 8.67. The highest BCUT2D eigenvalue weighted by Crippen LogP contribution is 2.25. The summed E-state index contributed by atoms with van der Waals surface area (Å²) in [6.45, 7) is 6.33. The van der Waals surface area contributed by atoms with Gasteiger partial charge in [-0.15, -0.1) is 0 Å². The molecular weight excluding hydrogens is 328 g/mol. The number of halogens is 1. The first kappa shape index (κ1) is 16.7. The van der Waals surface area contributed by atoms with Crippen LogP contribution in [0.25, 0.3) is 0 Å². The van der Waals surface area contributed by atoms with E-state index >= 15 is 0 Å². The molecule has 0 aromatic carbocycles. The molecule has 0 saturated carbocycles. The molecule has 1 aliphatic heterocycles. The third-order valence-corrected chi connectivity index (χ3v) is 4.58. The Hall–Kier alpha value is -0.650. The van der Waals surface area contributed by atoms with Crippen molar-refractivity contribution in [3.8, 4) is 0 Å². The predicted molar refractivity (Wildman–Crippen MR) is 92.9 cm³/mol. The fourth-order valence-electron chi connectivity index (χ4n) is 2.88. The minimum absolute atomic E-state index is 0.707. The van der Waals surface area contributed by atoms with Crippen molar-refractivity contribution in [3.63, 3.8) is 0 Å². The number of hydrogen-bond acceptors (Lipinski definition) is 4. The lowest BCUT2D eigenvalue weighted by Crippen LogP contribution is -2.42. The standard InChI is InChI=1S/C16H27BrN4/c1-4-7-18-11-13-10-14(17)12-19-16(13)21-8-5-15(6-9-21)20(2)3/h10,12,15,18H,4-9,11H2,1-3H3. The van der Waals surface area contributed by atoms with Crippen LogP contribution in [0.2, 0.25) is 0 Å². The molecule has 1 fully saturated rings. The summed E-state index contributed by atoms with van der Waals surface area (Å²) in [5, 5.41) is 3.49. The highest BCUT2D eigenvalue weighted by atomic mass is 79.9. The zero-order valence-corrected chi connectivity index (χ0v) is 15.0. The largest absolute Gasteiger partial charge is 0.356 e. The average Bonchev–Trinajstić information content (AvgIpc) is 2.48. The van der Waals surface area contributed by atoms with Crippen LogP contribution < -0.4 is 10.2 Å². The van der Waals surface area contributed by atoms with Crippen LogP contribution in [-0.4, -0.2) is 49.7 Å². The molecule has 2 rings (SSSR count). The maximum absolute atomic E-state index is 4.68.